The minimum atomic E-state index is 0.583. The summed E-state index contributed by atoms with van der Waals surface area (Å²) in [7, 11) is 1.72. The van der Waals surface area contributed by atoms with E-state index in [4.69, 9.17) is 4.74 Å². The Labute approximate surface area is 96.1 Å². The van der Waals surface area contributed by atoms with Crippen LogP contribution in [0.5, 0.6) is 0 Å². The lowest BCUT2D eigenvalue weighted by Gasteiger charge is -2.06. The highest BCUT2D eigenvalue weighted by atomic mass is 16.5. The zero-order valence-electron chi connectivity index (χ0n) is 9.94. The number of hydrogen-bond acceptors (Lipinski definition) is 2. The molecule has 3 heteroatoms. The van der Waals surface area contributed by atoms with E-state index >= 15 is 0 Å². The minimum Gasteiger partial charge on any atom is -0.364 e. The van der Waals surface area contributed by atoms with Crippen molar-refractivity contribution in [3.05, 3.63) is 30.1 Å². The Balaban J connectivity index is 2.41. The molecule has 0 bridgehead atoms. The molecule has 0 aliphatic rings. The van der Waals surface area contributed by atoms with E-state index in [0.29, 0.717) is 6.73 Å². The normalized spacial score (nSPS) is 11.1. The molecule has 0 fully saturated rings. The summed E-state index contributed by atoms with van der Waals surface area (Å²) in [5.74, 6) is 1.13. The molecule has 3 nitrogen and oxygen atoms in total. The van der Waals surface area contributed by atoms with Crippen LogP contribution >= 0.6 is 0 Å². The van der Waals surface area contributed by atoms with Crippen molar-refractivity contribution in [2.45, 2.75) is 32.9 Å². The maximum absolute atomic E-state index is 5.24. The molecule has 0 radical (unpaired) electrons. The van der Waals surface area contributed by atoms with Gasteiger partial charge in [-0.25, -0.2) is 4.98 Å². The highest BCUT2D eigenvalue weighted by Gasteiger charge is 2.08. The summed E-state index contributed by atoms with van der Waals surface area (Å²) in [6, 6.07) is 8.21. The van der Waals surface area contributed by atoms with Gasteiger partial charge in [-0.15, -0.1) is 0 Å². The predicted molar refractivity (Wildman–Crippen MR) is 65.4 cm³/mol. The van der Waals surface area contributed by atoms with E-state index in [0.717, 1.165) is 23.3 Å². The van der Waals surface area contributed by atoms with E-state index in [1.54, 1.807) is 7.11 Å². The van der Waals surface area contributed by atoms with Crippen molar-refractivity contribution in [2.75, 3.05) is 7.11 Å². The molecule has 1 aromatic heterocycles. The van der Waals surface area contributed by atoms with Crippen LogP contribution in [0.1, 0.15) is 25.6 Å². The number of rotatable bonds is 5. The Morgan fingerprint density at radius 2 is 2.12 bits per heavy atom. The summed E-state index contributed by atoms with van der Waals surface area (Å²) in [6.07, 6.45) is 3.39. The molecule has 2 rings (SSSR count). The fraction of sp³-hybridized carbons (Fsp3) is 0.462. The summed E-state index contributed by atoms with van der Waals surface area (Å²) in [5, 5.41) is 0. The molecule has 0 saturated carbocycles. The van der Waals surface area contributed by atoms with E-state index in [1.807, 2.05) is 12.1 Å². The fourth-order valence-corrected chi connectivity index (χ4v) is 1.92. The molecule has 1 heterocycles. The summed E-state index contributed by atoms with van der Waals surface area (Å²) in [6.45, 7) is 2.78. The molecule has 0 spiro atoms. The van der Waals surface area contributed by atoms with Crippen LogP contribution in [0, 0.1) is 0 Å². The van der Waals surface area contributed by atoms with E-state index in [-0.39, 0.29) is 0 Å². The Kier molecular flexibility index (Phi) is 3.57. The van der Waals surface area contributed by atoms with E-state index < -0.39 is 0 Å². The first kappa shape index (κ1) is 11.1. The molecule has 0 saturated heterocycles. The van der Waals surface area contributed by atoms with Crippen molar-refractivity contribution in [1.82, 2.24) is 9.55 Å². The largest absolute Gasteiger partial charge is 0.364 e. The number of aromatic nitrogens is 2. The Morgan fingerprint density at radius 1 is 1.31 bits per heavy atom. The zero-order chi connectivity index (χ0) is 11.4. The van der Waals surface area contributed by atoms with Gasteiger partial charge < -0.3 is 9.30 Å². The second-order valence-corrected chi connectivity index (χ2v) is 3.97. The van der Waals surface area contributed by atoms with Crippen molar-refractivity contribution in [1.29, 1.82) is 0 Å². The first-order valence-corrected chi connectivity index (χ1v) is 5.80. The maximum Gasteiger partial charge on any atom is 0.124 e. The van der Waals surface area contributed by atoms with Gasteiger partial charge in [-0.2, -0.15) is 0 Å². The summed E-state index contributed by atoms with van der Waals surface area (Å²) in [5.41, 5.74) is 2.22. The molecule has 1 aromatic carbocycles. The van der Waals surface area contributed by atoms with Gasteiger partial charge in [-0.1, -0.05) is 25.5 Å². The second kappa shape index (κ2) is 5.12. The van der Waals surface area contributed by atoms with E-state index in [2.05, 4.69) is 28.6 Å². The standard InChI is InChI=1S/C13H18N2O/c1-3-4-9-13-14-11-7-5-6-8-12(11)15(13)10-16-2/h5-8H,3-4,9-10H2,1-2H3. The molecule has 0 unspecified atom stereocenters. The van der Waals surface area contributed by atoms with Crippen LogP contribution in [0.3, 0.4) is 0 Å². The third-order valence-electron chi connectivity index (χ3n) is 2.75. The average Bonchev–Trinajstić information content (AvgIpc) is 2.66. The van der Waals surface area contributed by atoms with Gasteiger partial charge >= 0.3 is 0 Å². The third kappa shape index (κ3) is 2.09. The molecule has 2 aromatic rings. The Hall–Kier alpha value is -1.35. The van der Waals surface area contributed by atoms with Crippen molar-refractivity contribution in [3.63, 3.8) is 0 Å². The number of methoxy groups -OCH3 is 1. The van der Waals surface area contributed by atoms with Crippen LogP contribution < -0.4 is 0 Å². The van der Waals surface area contributed by atoms with Gasteiger partial charge in [0.1, 0.15) is 12.6 Å². The predicted octanol–water partition coefficient (Wildman–Crippen LogP) is 2.98. The molecule has 86 valence electrons. The number of unbranched alkanes of at least 4 members (excludes halogenated alkanes) is 1. The number of hydrogen-bond donors (Lipinski definition) is 0. The first-order chi connectivity index (χ1) is 7.86. The van der Waals surface area contributed by atoms with Crippen LogP contribution in [0.2, 0.25) is 0 Å². The van der Waals surface area contributed by atoms with Gasteiger partial charge in [0.25, 0.3) is 0 Å². The van der Waals surface area contributed by atoms with Crippen LogP contribution in [0.15, 0.2) is 24.3 Å². The number of para-hydroxylation sites is 2. The molecule has 16 heavy (non-hydrogen) atoms. The Bertz CT molecular complexity index is 462. The summed E-state index contributed by atoms with van der Waals surface area (Å²) in [4.78, 5) is 4.65. The van der Waals surface area contributed by atoms with Gasteiger partial charge in [0.15, 0.2) is 0 Å². The molecular weight excluding hydrogens is 200 g/mol. The van der Waals surface area contributed by atoms with E-state index in [9.17, 15) is 0 Å². The van der Waals surface area contributed by atoms with Gasteiger partial charge in [0.05, 0.1) is 11.0 Å². The molecule has 0 aliphatic carbocycles. The topological polar surface area (TPSA) is 27.1 Å². The first-order valence-electron chi connectivity index (χ1n) is 5.80. The number of aryl methyl sites for hydroxylation is 1. The fourth-order valence-electron chi connectivity index (χ4n) is 1.92. The molecule has 0 amide bonds. The minimum absolute atomic E-state index is 0.583. The van der Waals surface area contributed by atoms with Crippen molar-refractivity contribution in [3.8, 4) is 0 Å². The molecule has 0 N–H and O–H groups in total. The summed E-state index contributed by atoms with van der Waals surface area (Å²) >= 11 is 0. The van der Waals surface area contributed by atoms with Crippen LogP contribution in [-0.2, 0) is 17.9 Å². The lowest BCUT2D eigenvalue weighted by Crippen LogP contribution is -2.05. The zero-order valence-corrected chi connectivity index (χ0v) is 9.94. The molecular formula is C13H18N2O. The van der Waals surface area contributed by atoms with Crippen LogP contribution in [0.4, 0.5) is 0 Å². The number of fused-ring (bicyclic) bond motifs is 1. The highest BCUT2D eigenvalue weighted by Crippen LogP contribution is 2.17. The van der Waals surface area contributed by atoms with Gasteiger partial charge in [-0.05, 0) is 18.6 Å². The van der Waals surface area contributed by atoms with Gasteiger partial charge in [0.2, 0.25) is 0 Å². The number of imidazole rings is 1. The number of nitrogens with zero attached hydrogens (tertiary/aromatic N) is 2. The number of benzene rings is 1. The average molecular weight is 218 g/mol. The Morgan fingerprint density at radius 3 is 2.88 bits per heavy atom. The smallest absolute Gasteiger partial charge is 0.124 e. The van der Waals surface area contributed by atoms with Gasteiger partial charge in [0, 0.05) is 13.5 Å². The quantitative estimate of drug-likeness (QED) is 0.771. The SMILES string of the molecule is CCCCc1nc2ccccc2n1COC. The van der Waals surface area contributed by atoms with Crippen LogP contribution in [0.25, 0.3) is 11.0 Å². The lowest BCUT2D eigenvalue weighted by atomic mass is 10.2. The van der Waals surface area contributed by atoms with Gasteiger partial charge in [-0.3, -0.25) is 0 Å². The highest BCUT2D eigenvalue weighted by molar-refractivity contribution is 5.75. The van der Waals surface area contributed by atoms with Crippen molar-refractivity contribution >= 4 is 11.0 Å². The molecule has 0 atom stereocenters. The maximum atomic E-state index is 5.24. The van der Waals surface area contributed by atoms with Crippen molar-refractivity contribution in [2.24, 2.45) is 0 Å². The second-order valence-electron chi connectivity index (χ2n) is 3.97. The molecule has 0 aliphatic heterocycles. The van der Waals surface area contributed by atoms with Crippen molar-refractivity contribution < 1.29 is 4.74 Å². The number of ether oxygens (including phenoxy) is 1. The van der Waals surface area contributed by atoms with Crippen LogP contribution in [-0.4, -0.2) is 16.7 Å². The van der Waals surface area contributed by atoms with E-state index in [1.165, 1.54) is 12.8 Å². The monoisotopic (exact) mass is 218 g/mol. The lowest BCUT2D eigenvalue weighted by molar-refractivity contribution is 0.132. The third-order valence-corrected chi connectivity index (χ3v) is 2.75. The summed E-state index contributed by atoms with van der Waals surface area (Å²) < 4.78 is 7.40.